The van der Waals surface area contributed by atoms with E-state index >= 15 is 0 Å². The zero-order chi connectivity index (χ0) is 12.8. The van der Waals surface area contributed by atoms with Gasteiger partial charge in [0.2, 0.25) is 0 Å². The van der Waals surface area contributed by atoms with Crippen LogP contribution in [0.2, 0.25) is 0 Å². The summed E-state index contributed by atoms with van der Waals surface area (Å²) in [5.41, 5.74) is 0.662. The van der Waals surface area contributed by atoms with Gasteiger partial charge in [-0.05, 0) is 38.3 Å². The summed E-state index contributed by atoms with van der Waals surface area (Å²) in [4.78, 5) is 12.2. The first kappa shape index (κ1) is 13.1. The molecule has 1 heterocycles. The van der Waals surface area contributed by atoms with Gasteiger partial charge in [-0.1, -0.05) is 30.3 Å². The third kappa shape index (κ3) is 2.91. The molecule has 3 nitrogen and oxygen atoms in total. The number of ether oxygens (including phenoxy) is 1. The van der Waals surface area contributed by atoms with E-state index in [1.54, 1.807) is 0 Å². The van der Waals surface area contributed by atoms with E-state index in [0.29, 0.717) is 13.0 Å². The van der Waals surface area contributed by atoms with E-state index in [1.165, 1.54) is 5.56 Å². The number of piperidine rings is 1. The van der Waals surface area contributed by atoms with Crippen molar-refractivity contribution in [2.24, 2.45) is 0 Å². The molecule has 0 aromatic heterocycles. The standard InChI is InChI=1S/C15H21NO2/c1-2-18-14(17)15(10-6-7-11-16-15)12-13-8-4-3-5-9-13/h3-5,8-9,16H,2,6-7,10-12H2,1H3/t15-/m1/s1. The zero-order valence-electron chi connectivity index (χ0n) is 10.9. The first-order valence-corrected chi connectivity index (χ1v) is 6.73. The first-order valence-electron chi connectivity index (χ1n) is 6.73. The van der Waals surface area contributed by atoms with E-state index in [2.05, 4.69) is 17.4 Å². The van der Waals surface area contributed by atoms with Crippen molar-refractivity contribution in [2.45, 2.75) is 38.1 Å². The summed E-state index contributed by atoms with van der Waals surface area (Å²) in [6, 6.07) is 10.2. The van der Waals surface area contributed by atoms with Crippen molar-refractivity contribution in [2.75, 3.05) is 13.2 Å². The van der Waals surface area contributed by atoms with Crippen molar-refractivity contribution < 1.29 is 9.53 Å². The van der Waals surface area contributed by atoms with Crippen molar-refractivity contribution in [1.29, 1.82) is 0 Å². The first-order chi connectivity index (χ1) is 8.77. The molecular weight excluding hydrogens is 226 g/mol. The summed E-state index contributed by atoms with van der Waals surface area (Å²) < 4.78 is 5.26. The molecule has 1 N–H and O–H groups in total. The molecule has 18 heavy (non-hydrogen) atoms. The van der Waals surface area contributed by atoms with Crippen LogP contribution in [-0.4, -0.2) is 24.7 Å². The number of carbonyl (C=O) groups is 1. The predicted octanol–water partition coefficient (Wildman–Crippen LogP) is 2.30. The second-order valence-corrected chi connectivity index (χ2v) is 4.85. The largest absolute Gasteiger partial charge is 0.465 e. The molecule has 1 aromatic carbocycles. The molecule has 0 unspecified atom stereocenters. The maximum absolute atomic E-state index is 12.2. The molecule has 98 valence electrons. The summed E-state index contributed by atoms with van der Waals surface area (Å²) in [5.74, 6) is -0.103. The highest BCUT2D eigenvalue weighted by molar-refractivity contribution is 5.81. The van der Waals surface area contributed by atoms with Crippen molar-refractivity contribution in [3.63, 3.8) is 0 Å². The lowest BCUT2D eigenvalue weighted by Gasteiger charge is -2.36. The van der Waals surface area contributed by atoms with E-state index in [9.17, 15) is 4.79 Å². The molecule has 0 spiro atoms. The summed E-state index contributed by atoms with van der Waals surface area (Å²) in [5, 5.41) is 3.39. The third-order valence-corrected chi connectivity index (χ3v) is 3.51. The second-order valence-electron chi connectivity index (χ2n) is 4.85. The smallest absolute Gasteiger partial charge is 0.326 e. The molecule has 0 radical (unpaired) electrons. The third-order valence-electron chi connectivity index (χ3n) is 3.51. The molecule has 0 saturated carbocycles. The fourth-order valence-corrected chi connectivity index (χ4v) is 2.58. The quantitative estimate of drug-likeness (QED) is 0.830. The van der Waals surface area contributed by atoms with Gasteiger partial charge < -0.3 is 10.1 Å². The fraction of sp³-hybridized carbons (Fsp3) is 0.533. The molecular formula is C15H21NO2. The highest BCUT2D eigenvalue weighted by Crippen LogP contribution is 2.25. The monoisotopic (exact) mass is 247 g/mol. The summed E-state index contributed by atoms with van der Waals surface area (Å²) in [7, 11) is 0. The van der Waals surface area contributed by atoms with Gasteiger partial charge in [-0.25, -0.2) is 0 Å². The van der Waals surface area contributed by atoms with Crippen molar-refractivity contribution in [3.05, 3.63) is 35.9 Å². The number of carbonyl (C=O) groups excluding carboxylic acids is 1. The minimum atomic E-state index is -0.518. The van der Waals surface area contributed by atoms with Crippen LogP contribution < -0.4 is 5.32 Å². The second kappa shape index (κ2) is 6.01. The van der Waals surface area contributed by atoms with Crippen LogP contribution in [0.25, 0.3) is 0 Å². The number of hydrogen-bond donors (Lipinski definition) is 1. The average molecular weight is 247 g/mol. The Morgan fingerprint density at radius 1 is 1.33 bits per heavy atom. The lowest BCUT2D eigenvalue weighted by molar-refractivity contribution is -0.152. The van der Waals surface area contributed by atoms with Crippen molar-refractivity contribution >= 4 is 5.97 Å². The van der Waals surface area contributed by atoms with Gasteiger partial charge in [-0.2, -0.15) is 0 Å². The lowest BCUT2D eigenvalue weighted by atomic mass is 9.83. The van der Waals surface area contributed by atoms with Gasteiger partial charge >= 0.3 is 5.97 Å². The zero-order valence-corrected chi connectivity index (χ0v) is 10.9. The van der Waals surface area contributed by atoms with Gasteiger partial charge in [0.15, 0.2) is 0 Å². The van der Waals surface area contributed by atoms with Crippen LogP contribution in [0.5, 0.6) is 0 Å². The highest BCUT2D eigenvalue weighted by atomic mass is 16.5. The summed E-state index contributed by atoms with van der Waals surface area (Å²) >= 11 is 0. The van der Waals surface area contributed by atoms with Crippen molar-refractivity contribution in [3.8, 4) is 0 Å². The average Bonchev–Trinajstić information content (AvgIpc) is 2.41. The van der Waals surface area contributed by atoms with E-state index < -0.39 is 5.54 Å². The maximum Gasteiger partial charge on any atom is 0.326 e. The molecule has 1 aliphatic rings. The van der Waals surface area contributed by atoms with Gasteiger partial charge in [-0.15, -0.1) is 0 Å². The van der Waals surface area contributed by atoms with Gasteiger partial charge in [0, 0.05) is 6.42 Å². The van der Waals surface area contributed by atoms with E-state index in [1.807, 2.05) is 25.1 Å². The molecule has 1 atom stereocenters. The van der Waals surface area contributed by atoms with Gasteiger partial charge in [0.05, 0.1) is 6.61 Å². The van der Waals surface area contributed by atoms with Crippen LogP contribution in [0.1, 0.15) is 31.7 Å². The van der Waals surface area contributed by atoms with Crippen molar-refractivity contribution in [1.82, 2.24) is 5.32 Å². The van der Waals surface area contributed by atoms with Crippen LogP contribution in [0, 0.1) is 0 Å². The Morgan fingerprint density at radius 2 is 2.11 bits per heavy atom. The molecule has 0 aliphatic carbocycles. The fourth-order valence-electron chi connectivity index (χ4n) is 2.58. The Hall–Kier alpha value is -1.35. The van der Waals surface area contributed by atoms with Gasteiger partial charge in [0.1, 0.15) is 5.54 Å². The molecule has 0 amide bonds. The van der Waals surface area contributed by atoms with E-state index in [-0.39, 0.29) is 5.97 Å². The van der Waals surface area contributed by atoms with Crippen LogP contribution in [0.4, 0.5) is 0 Å². The SMILES string of the molecule is CCOC(=O)[C@]1(Cc2ccccc2)CCCCN1. The lowest BCUT2D eigenvalue weighted by Crippen LogP contribution is -2.57. The molecule has 1 saturated heterocycles. The topological polar surface area (TPSA) is 38.3 Å². The molecule has 3 heteroatoms. The minimum absolute atomic E-state index is 0.103. The number of benzene rings is 1. The molecule has 1 aliphatic heterocycles. The molecule has 1 fully saturated rings. The normalized spacial score (nSPS) is 23.6. The maximum atomic E-state index is 12.2. The summed E-state index contributed by atoms with van der Waals surface area (Å²) in [6.07, 6.45) is 3.79. The molecule has 2 rings (SSSR count). The Labute approximate surface area is 109 Å². The van der Waals surface area contributed by atoms with Gasteiger partial charge in [-0.3, -0.25) is 4.79 Å². The summed E-state index contributed by atoms with van der Waals surface area (Å²) in [6.45, 7) is 3.19. The van der Waals surface area contributed by atoms with Crippen LogP contribution in [-0.2, 0) is 16.0 Å². The van der Waals surface area contributed by atoms with Crippen LogP contribution in [0.3, 0.4) is 0 Å². The number of hydrogen-bond acceptors (Lipinski definition) is 3. The minimum Gasteiger partial charge on any atom is -0.465 e. The van der Waals surface area contributed by atoms with E-state index in [4.69, 9.17) is 4.74 Å². The van der Waals surface area contributed by atoms with E-state index in [0.717, 1.165) is 25.8 Å². The Kier molecular flexibility index (Phi) is 4.37. The van der Waals surface area contributed by atoms with Crippen LogP contribution in [0.15, 0.2) is 30.3 Å². The molecule has 1 aromatic rings. The Balaban J connectivity index is 2.16. The molecule has 0 bridgehead atoms. The Morgan fingerprint density at radius 3 is 2.72 bits per heavy atom. The van der Waals surface area contributed by atoms with Gasteiger partial charge in [0.25, 0.3) is 0 Å². The number of rotatable bonds is 4. The Bertz CT molecular complexity index is 383. The predicted molar refractivity (Wildman–Crippen MR) is 71.4 cm³/mol. The number of esters is 1. The highest BCUT2D eigenvalue weighted by Gasteiger charge is 2.40. The van der Waals surface area contributed by atoms with Crippen LogP contribution >= 0.6 is 0 Å². The number of nitrogens with one attached hydrogen (secondary N) is 1.